The number of pyridine rings is 1. The molecule has 1 N–H and O–H groups in total. The maximum absolute atomic E-state index is 11.9. The van der Waals surface area contributed by atoms with E-state index in [4.69, 9.17) is 0 Å². The van der Waals surface area contributed by atoms with Crippen molar-refractivity contribution in [3.63, 3.8) is 0 Å². The second kappa shape index (κ2) is 7.59. The zero-order chi connectivity index (χ0) is 19.7. The molecule has 1 aromatic carbocycles. The van der Waals surface area contributed by atoms with Crippen LogP contribution in [0.2, 0.25) is 0 Å². The third kappa shape index (κ3) is 3.45. The molecule has 28 heavy (non-hydrogen) atoms. The lowest BCUT2D eigenvalue weighted by molar-refractivity contribution is -0.119. The van der Waals surface area contributed by atoms with Crippen LogP contribution >= 0.6 is 0 Å². The Morgan fingerprint density at radius 1 is 1.21 bits per heavy atom. The summed E-state index contributed by atoms with van der Waals surface area (Å²) in [5.74, 6) is 2.11. The number of nitriles is 1. The zero-order valence-electron chi connectivity index (χ0n) is 16.3. The quantitative estimate of drug-likeness (QED) is 0.868. The zero-order valence-corrected chi connectivity index (χ0v) is 16.3. The molecule has 1 aliphatic carbocycles. The molecule has 0 radical (unpaired) electrons. The Balaban J connectivity index is 1.54. The number of fused-ring (bicyclic) bond motifs is 1. The molecule has 142 valence electrons. The second-order valence-corrected chi connectivity index (χ2v) is 8.20. The highest BCUT2D eigenvalue weighted by Crippen LogP contribution is 2.42. The summed E-state index contributed by atoms with van der Waals surface area (Å²) in [4.78, 5) is 16.5. The molecule has 1 aromatic heterocycles. The fourth-order valence-electron chi connectivity index (χ4n) is 4.77. The highest BCUT2D eigenvalue weighted by atomic mass is 16.2. The van der Waals surface area contributed by atoms with E-state index in [-0.39, 0.29) is 11.9 Å². The fourth-order valence-corrected chi connectivity index (χ4v) is 4.77. The van der Waals surface area contributed by atoms with Crippen LogP contribution in [-0.4, -0.2) is 16.9 Å². The molecule has 1 saturated heterocycles. The lowest BCUT2D eigenvalue weighted by Crippen LogP contribution is -2.44. The Labute approximate surface area is 166 Å². The number of nitrogens with zero attached hydrogens (tertiary/aromatic N) is 2. The van der Waals surface area contributed by atoms with Crippen LogP contribution in [0, 0.1) is 35.0 Å². The summed E-state index contributed by atoms with van der Waals surface area (Å²) in [5, 5.41) is 12.5. The van der Waals surface area contributed by atoms with Crippen LogP contribution in [-0.2, 0) is 4.79 Å². The SMILES string of the molecule is CC1C[C@H]2CC(=O)NC2C(/C=C/c2ccc(-c3ccccc3C#N)cn2)[C@@H]1C. The maximum Gasteiger partial charge on any atom is 0.220 e. The number of amides is 1. The molecule has 0 spiro atoms. The smallest absolute Gasteiger partial charge is 0.220 e. The van der Waals surface area contributed by atoms with Crippen LogP contribution in [0.15, 0.2) is 48.7 Å². The van der Waals surface area contributed by atoms with E-state index in [2.05, 4.69) is 42.4 Å². The van der Waals surface area contributed by atoms with Gasteiger partial charge in [-0.05, 0) is 42.4 Å². The van der Waals surface area contributed by atoms with E-state index in [9.17, 15) is 10.1 Å². The topological polar surface area (TPSA) is 65.8 Å². The van der Waals surface area contributed by atoms with Crippen molar-refractivity contribution in [2.75, 3.05) is 0 Å². The molecule has 3 unspecified atom stereocenters. The normalized spacial score (nSPS) is 29.3. The summed E-state index contributed by atoms with van der Waals surface area (Å²) in [5.41, 5.74) is 3.39. The van der Waals surface area contributed by atoms with Crippen molar-refractivity contribution in [1.82, 2.24) is 10.3 Å². The van der Waals surface area contributed by atoms with Crippen LogP contribution in [0.1, 0.15) is 37.9 Å². The number of hydrogen-bond acceptors (Lipinski definition) is 3. The van der Waals surface area contributed by atoms with Gasteiger partial charge in [-0.3, -0.25) is 9.78 Å². The molecule has 1 aliphatic heterocycles. The van der Waals surface area contributed by atoms with Crippen molar-refractivity contribution in [3.05, 3.63) is 59.9 Å². The first-order chi connectivity index (χ1) is 13.6. The molecule has 2 aliphatic rings. The first-order valence-corrected chi connectivity index (χ1v) is 10.00. The van der Waals surface area contributed by atoms with Crippen molar-refractivity contribution in [2.24, 2.45) is 23.7 Å². The lowest BCUT2D eigenvalue weighted by Gasteiger charge is -2.40. The van der Waals surface area contributed by atoms with Crippen LogP contribution in [0.25, 0.3) is 17.2 Å². The average molecular weight is 371 g/mol. The molecule has 4 heteroatoms. The van der Waals surface area contributed by atoms with Crippen LogP contribution in [0.3, 0.4) is 0 Å². The Hall–Kier alpha value is -2.93. The lowest BCUT2D eigenvalue weighted by atomic mass is 9.66. The summed E-state index contributed by atoms with van der Waals surface area (Å²) < 4.78 is 0. The van der Waals surface area contributed by atoms with Crippen molar-refractivity contribution in [2.45, 2.75) is 32.7 Å². The van der Waals surface area contributed by atoms with E-state index >= 15 is 0 Å². The average Bonchev–Trinajstić information content (AvgIpc) is 3.08. The minimum absolute atomic E-state index is 0.188. The molecule has 1 amide bonds. The monoisotopic (exact) mass is 371 g/mol. The van der Waals surface area contributed by atoms with Gasteiger partial charge in [-0.2, -0.15) is 5.26 Å². The minimum atomic E-state index is 0.188. The predicted molar refractivity (Wildman–Crippen MR) is 110 cm³/mol. The molecule has 2 aromatic rings. The molecule has 4 nitrogen and oxygen atoms in total. The highest BCUT2D eigenvalue weighted by molar-refractivity contribution is 5.79. The van der Waals surface area contributed by atoms with Gasteiger partial charge in [0.1, 0.15) is 0 Å². The molecule has 2 fully saturated rings. The van der Waals surface area contributed by atoms with Crippen molar-refractivity contribution in [3.8, 4) is 17.2 Å². The van der Waals surface area contributed by atoms with Crippen LogP contribution in [0.5, 0.6) is 0 Å². The van der Waals surface area contributed by atoms with E-state index in [1.54, 1.807) is 0 Å². The molecule has 5 atom stereocenters. The molecule has 0 bridgehead atoms. The third-order valence-electron chi connectivity index (χ3n) is 6.51. The number of benzene rings is 1. The second-order valence-electron chi connectivity index (χ2n) is 8.20. The summed E-state index contributed by atoms with van der Waals surface area (Å²) in [7, 11) is 0. The minimum Gasteiger partial charge on any atom is -0.352 e. The number of carbonyl (C=O) groups is 1. The van der Waals surface area contributed by atoms with Gasteiger partial charge in [0, 0.05) is 35.7 Å². The number of hydrogen-bond donors (Lipinski definition) is 1. The van der Waals surface area contributed by atoms with Crippen molar-refractivity contribution >= 4 is 12.0 Å². The van der Waals surface area contributed by atoms with Gasteiger partial charge in [-0.1, -0.05) is 44.2 Å². The maximum atomic E-state index is 11.9. The van der Waals surface area contributed by atoms with Gasteiger partial charge in [-0.25, -0.2) is 0 Å². The molecule has 2 heterocycles. The first-order valence-electron chi connectivity index (χ1n) is 10.00. The third-order valence-corrected chi connectivity index (χ3v) is 6.51. The Morgan fingerprint density at radius 3 is 2.79 bits per heavy atom. The fraction of sp³-hybridized carbons (Fsp3) is 0.375. The van der Waals surface area contributed by atoms with E-state index in [1.165, 1.54) is 0 Å². The van der Waals surface area contributed by atoms with Crippen LogP contribution in [0.4, 0.5) is 0 Å². The number of aromatic nitrogens is 1. The highest BCUT2D eigenvalue weighted by Gasteiger charge is 2.44. The first kappa shape index (κ1) is 18.4. The molecular formula is C24H25N3O. The number of carbonyl (C=O) groups excluding carboxylic acids is 1. The molecular weight excluding hydrogens is 346 g/mol. The van der Waals surface area contributed by atoms with Gasteiger partial charge < -0.3 is 5.32 Å². The van der Waals surface area contributed by atoms with Gasteiger partial charge in [0.2, 0.25) is 5.91 Å². The molecule has 4 rings (SSSR count). The Morgan fingerprint density at radius 2 is 2.04 bits per heavy atom. The van der Waals surface area contributed by atoms with Crippen LogP contribution < -0.4 is 5.32 Å². The van der Waals surface area contributed by atoms with E-state index in [0.29, 0.717) is 35.7 Å². The number of nitrogens with one attached hydrogen (secondary N) is 1. The largest absolute Gasteiger partial charge is 0.352 e. The summed E-state index contributed by atoms with van der Waals surface area (Å²) >= 11 is 0. The van der Waals surface area contributed by atoms with E-state index < -0.39 is 0 Å². The van der Waals surface area contributed by atoms with Gasteiger partial charge in [0.15, 0.2) is 0 Å². The van der Waals surface area contributed by atoms with Gasteiger partial charge in [0.05, 0.1) is 17.3 Å². The Kier molecular flexibility index (Phi) is 5.00. The summed E-state index contributed by atoms with van der Waals surface area (Å²) in [6.07, 6.45) is 7.91. The number of rotatable bonds is 3. The van der Waals surface area contributed by atoms with E-state index in [0.717, 1.165) is 23.2 Å². The Bertz CT molecular complexity index is 941. The van der Waals surface area contributed by atoms with Gasteiger partial charge in [-0.15, -0.1) is 0 Å². The molecule has 1 saturated carbocycles. The van der Waals surface area contributed by atoms with Gasteiger partial charge >= 0.3 is 0 Å². The summed E-state index contributed by atoms with van der Waals surface area (Å²) in [6.45, 7) is 4.58. The standard InChI is InChI=1S/C24H25N3O/c1-15-11-19-12-23(28)27-24(19)21(16(15)2)10-9-20-8-7-18(14-26-20)22-6-4-3-5-17(22)13-25/h3-10,14-16,19,21,24H,11-12H2,1-2H3,(H,27,28)/b10-9+/t15?,16-,19+,21?,24?/m1/s1. The predicted octanol–water partition coefficient (Wildman–Crippen LogP) is 4.43. The van der Waals surface area contributed by atoms with E-state index in [1.807, 2.05) is 42.6 Å². The van der Waals surface area contributed by atoms with Crippen molar-refractivity contribution in [1.29, 1.82) is 5.26 Å². The van der Waals surface area contributed by atoms with Crippen molar-refractivity contribution < 1.29 is 4.79 Å². The summed E-state index contributed by atoms with van der Waals surface area (Å²) in [6, 6.07) is 14.0. The van der Waals surface area contributed by atoms with Gasteiger partial charge in [0.25, 0.3) is 0 Å².